The minimum absolute atomic E-state index is 0.117. The summed E-state index contributed by atoms with van der Waals surface area (Å²) in [5, 5.41) is 13.7. The first-order valence-corrected chi connectivity index (χ1v) is 6.19. The zero-order valence-corrected chi connectivity index (χ0v) is 10.9. The number of nitrogens with zero attached hydrogens (tertiary/aromatic N) is 1. The van der Waals surface area contributed by atoms with E-state index in [9.17, 15) is 10.1 Å². The van der Waals surface area contributed by atoms with E-state index in [0.717, 1.165) is 31.7 Å². The number of nitro benzene ring substituents is 1. The Morgan fingerprint density at radius 1 is 1.28 bits per heavy atom. The summed E-state index contributed by atoms with van der Waals surface area (Å²) in [5.41, 5.74) is 1.02. The molecule has 0 atom stereocenters. The highest BCUT2D eigenvalue weighted by Crippen LogP contribution is 2.15. The van der Waals surface area contributed by atoms with Crippen LogP contribution in [0.1, 0.15) is 26.7 Å². The number of nitro groups is 1. The van der Waals surface area contributed by atoms with E-state index in [4.69, 9.17) is 4.74 Å². The predicted octanol–water partition coefficient (Wildman–Crippen LogP) is 3.21. The van der Waals surface area contributed by atoms with Crippen LogP contribution in [0.3, 0.4) is 0 Å². The monoisotopic (exact) mass is 252 g/mol. The Labute approximate surface area is 107 Å². The molecular formula is C13H20N2O3. The van der Waals surface area contributed by atoms with Crippen molar-refractivity contribution in [2.75, 3.05) is 18.5 Å². The average Bonchev–Trinajstić information content (AvgIpc) is 2.34. The van der Waals surface area contributed by atoms with Crippen molar-refractivity contribution in [3.05, 3.63) is 34.4 Å². The number of nitrogens with one attached hydrogen (secondary N) is 1. The first-order chi connectivity index (χ1) is 8.59. The molecule has 0 saturated heterocycles. The van der Waals surface area contributed by atoms with Gasteiger partial charge in [-0.15, -0.1) is 0 Å². The second-order valence-electron chi connectivity index (χ2n) is 4.36. The van der Waals surface area contributed by atoms with E-state index in [1.807, 2.05) is 13.8 Å². The molecule has 100 valence electrons. The highest BCUT2D eigenvalue weighted by molar-refractivity contribution is 5.48. The van der Waals surface area contributed by atoms with Crippen molar-refractivity contribution < 1.29 is 9.66 Å². The number of benzene rings is 1. The first kappa shape index (κ1) is 14.4. The van der Waals surface area contributed by atoms with Crippen LogP contribution in [-0.4, -0.2) is 24.2 Å². The van der Waals surface area contributed by atoms with Gasteiger partial charge in [0.05, 0.1) is 11.0 Å². The molecule has 18 heavy (non-hydrogen) atoms. The van der Waals surface area contributed by atoms with Crippen molar-refractivity contribution in [1.82, 2.24) is 0 Å². The highest BCUT2D eigenvalue weighted by atomic mass is 16.6. The maximum absolute atomic E-state index is 10.5. The van der Waals surface area contributed by atoms with Crippen LogP contribution in [-0.2, 0) is 4.74 Å². The summed E-state index contributed by atoms with van der Waals surface area (Å²) < 4.78 is 5.43. The average molecular weight is 252 g/mol. The molecule has 0 aliphatic rings. The number of hydrogen-bond donors (Lipinski definition) is 1. The number of rotatable bonds is 8. The van der Waals surface area contributed by atoms with Gasteiger partial charge >= 0.3 is 0 Å². The van der Waals surface area contributed by atoms with Crippen molar-refractivity contribution in [2.45, 2.75) is 32.8 Å². The molecule has 1 aromatic rings. The van der Waals surface area contributed by atoms with Crippen LogP contribution in [0.5, 0.6) is 0 Å². The van der Waals surface area contributed by atoms with E-state index >= 15 is 0 Å². The van der Waals surface area contributed by atoms with Gasteiger partial charge in [0, 0.05) is 31.0 Å². The maximum Gasteiger partial charge on any atom is 0.269 e. The Bertz CT molecular complexity index is 363. The van der Waals surface area contributed by atoms with Gasteiger partial charge in [0.1, 0.15) is 0 Å². The van der Waals surface area contributed by atoms with Crippen molar-refractivity contribution in [1.29, 1.82) is 0 Å². The fourth-order valence-electron chi connectivity index (χ4n) is 1.48. The largest absolute Gasteiger partial charge is 0.385 e. The van der Waals surface area contributed by atoms with Crippen LogP contribution < -0.4 is 5.32 Å². The van der Waals surface area contributed by atoms with Crippen LogP contribution in [0.4, 0.5) is 11.4 Å². The lowest BCUT2D eigenvalue weighted by molar-refractivity contribution is -0.384. The molecule has 0 heterocycles. The summed E-state index contributed by atoms with van der Waals surface area (Å²) in [6, 6.07) is 6.46. The molecule has 0 spiro atoms. The van der Waals surface area contributed by atoms with Gasteiger partial charge in [0.2, 0.25) is 0 Å². The summed E-state index contributed by atoms with van der Waals surface area (Å²) in [5.74, 6) is 0. The molecule has 5 heteroatoms. The lowest BCUT2D eigenvalue weighted by Gasteiger charge is -2.08. The smallest absolute Gasteiger partial charge is 0.269 e. The van der Waals surface area contributed by atoms with Crippen LogP contribution in [0.15, 0.2) is 24.3 Å². The highest BCUT2D eigenvalue weighted by Gasteiger charge is 2.03. The first-order valence-electron chi connectivity index (χ1n) is 6.19. The van der Waals surface area contributed by atoms with Crippen LogP contribution in [0, 0.1) is 10.1 Å². The van der Waals surface area contributed by atoms with Crippen LogP contribution >= 0.6 is 0 Å². The zero-order valence-electron chi connectivity index (χ0n) is 10.9. The molecule has 0 amide bonds. The molecule has 0 radical (unpaired) electrons. The molecule has 5 nitrogen and oxygen atoms in total. The minimum atomic E-state index is -0.396. The number of hydrogen-bond acceptors (Lipinski definition) is 4. The summed E-state index contributed by atoms with van der Waals surface area (Å²) in [4.78, 5) is 10.1. The summed E-state index contributed by atoms with van der Waals surface area (Å²) in [7, 11) is 0. The fraction of sp³-hybridized carbons (Fsp3) is 0.538. The van der Waals surface area contributed by atoms with Crippen molar-refractivity contribution in [3.63, 3.8) is 0 Å². The predicted molar refractivity (Wildman–Crippen MR) is 71.9 cm³/mol. The molecule has 1 aromatic carbocycles. The molecule has 0 aromatic heterocycles. The Morgan fingerprint density at radius 3 is 2.50 bits per heavy atom. The van der Waals surface area contributed by atoms with E-state index in [2.05, 4.69) is 5.32 Å². The molecule has 1 N–H and O–H groups in total. The normalized spacial score (nSPS) is 10.6. The third-order valence-electron chi connectivity index (χ3n) is 2.43. The second-order valence-corrected chi connectivity index (χ2v) is 4.36. The van der Waals surface area contributed by atoms with E-state index in [0.29, 0.717) is 0 Å². The summed E-state index contributed by atoms with van der Waals surface area (Å²) in [6.45, 7) is 5.67. The molecule has 0 fully saturated rings. The van der Waals surface area contributed by atoms with Gasteiger partial charge in [-0.1, -0.05) is 0 Å². The Morgan fingerprint density at radius 2 is 1.94 bits per heavy atom. The minimum Gasteiger partial charge on any atom is -0.385 e. The number of unbranched alkanes of at least 4 members (excludes halogenated alkanes) is 1. The maximum atomic E-state index is 10.5. The Kier molecular flexibility index (Phi) is 6.14. The molecular weight excluding hydrogens is 232 g/mol. The number of ether oxygens (including phenoxy) is 1. The van der Waals surface area contributed by atoms with Crippen LogP contribution in [0.25, 0.3) is 0 Å². The van der Waals surface area contributed by atoms with Gasteiger partial charge in [-0.2, -0.15) is 0 Å². The van der Waals surface area contributed by atoms with E-state index in [1.165, 1.54) is 12.1 Å². The standard InChI is InChI=1S/C13H20N2O3/c1-11(2)18-10-4-3-9-14-12-5-7-13(8-6-12)15(16)17/h5-8,11,14H,3-4,9-10H2,1-2H3. The topological polar surface area (TPSA) is 64.4 Å². The fourth-order valence-corrected chi connectivity index (χ4v) is 1.48. The third-order valence-corrected chi connectivity index (χ3v) is 2.43. The summed E-state index contributed by atoms with van der Waals surface area (Å²) in [6.07, 6.45) is 2.31. The van der Waals surface area contributed by atoms with Gasteiger partial charge in [-0.25, -0.2) is 0 Å². The third kappa shape index (κ3) is 5.63. The Balaban J connectivity index is 2.17. The van der Waals surface area contributed by atoms with Crippen molar-refractivity contribution in [3.8, 4) is 0 Å². The molecule has 0 aliphatic heterocycles. The molecule has 1 rings (SSSR count). The quantitative estimate of drug-likeness (QED) is 0.438. The number of non-ortho nitro benzene ring substituents is 1. The number of anilines is 1. The lowest BCUT2D eigenvalue weighted by Crippen LogP contribution is -2.07. The van der Waals surface area contributed by atoms with E-state index < -0.39 is 4.92 Å². The van der Waals surface area contributed by atoms with Gasteiger partial charge < -0.3 is 10.1 Å². The van der Waals surface area contributed by atoms with Gasteiger partial charge in [-0.05, 0) is 38.8 Å². The molecule has 0 unspecified atom stereocenters. The van der Waals surface area contributed by atoms with Crippen molar-refractivity contribution in [2.24, 2.45) is 0 Å². The Hall–Kier alpha value is -1.62. The van der Waals surface area contributed by atoms with E-state index in [1.54, 1.807) is 12.1 Å². The molecule has 0 bridgehead atoms. The van der Waals surface area contributed by atoms with Crippen LogP contribution in [0.2, 0.25) is 0 Å². The van der Waals surface area contributed by atoms with Crippen molar-refractivity contribution >= 4 is 11.4 Å². The SMILES string of the molecule is CC(C)OCCCCNc1ccc([N+](=O)[O-])cc1. The molecule has 0 saturated carbocycles. The molecule has 0 aliphatic carbocycles. The zero-order chi connectivity index (χ0) is 13.4. The van der Waals surface area contributed by atoms with Gasteiger partial charge in [0.25, 0.3) is 5.69 Å². The van der Waals surface area contributed by atoms with Gasteiger partial charge in [-0.3, -0.25) is 10.1 Å². The van der Waals surface area contributed by atoms with Gasteiger partial charge in [0.15, 0.2) is 0 Å². The summed E-state index contributed by atoms with van der Waals surface area (Å²) >= 11 is 0. The van der Waals surface area contributed by atoms with E-state index in [-0.39, 0.29) is 11.8 Å². The second kappa shape index (κ2) is 7.66. The lowest BCUT2D eigenvalue weighted by atomic mass is 10.2.